The molecule has 0 aliphatic heterocycles. The van der Waals surface area contributed by atoms with Gasteiger partial charge >= 0.3 is 11.9 Å². The van der Waals surface area contributed by atoms with Crippen LogP contribution in [0.5, 0.6) is 0 Å². The molecule has 0 aliphatic rings. The lowest BCUT2D eigenvalue weighted by Crippen LogP contribution is -2.46. The van der Waals surface area contributed by atoms with Crippen LogP contribution in [0.15, 0.2) is 91.0 Å². The summed E-state index contributed by atoms with van der Waals surface area (Å²) in [6.45, 7) is 9.05. The van der Waals surface area contributed by atoms with Crippen molar-refractivity contribution in [2.24, 2.45) is 0 Å². The van der Waals surface area contributed by atoms with Gasteiger partial charge in [-0.05, 0) is 69.5 Å². The van der Waals surface area contributed by atoms with Crippen LogP contribution in [-0.4, -0.2) is 61.6 Å². The number of aliphatic hydroxyl groups is 2. The van der Waals surface area contributed by atoms with E-state index in [0.717, 1.165) is 5.56 Å². The molecule has 0 saturated carbocycles. The topological polar surface area (TPSA) is 138 Å². The number of carboxylic acid groups (broad SMARTS) is 1. The maximum Gasteiger partial charge on any atom is 0.329 e. The molecule has 4 aromatic rings. The van der Waals surface area contributed by atoms with Crippen LogP contribution in [0.4, 0.5) is 4.39 Å². The summed E-state index contributed by atoms with van der Waals surface area (Å²) in [5.41, 5.74) is 3.10. The van der Waals surface area contributed by atoms with Crippen molar-refractivity contribution in [1.82, 2.24) is 9.88 Å². The number of halogens is 1. The standard InChI is InChI=1S/C40H45FN2O7/c1-25(2)43-33(21-20-30(44)23-31(45)24-34(46)47)35(28-16-18-29(41)19-17-28)36(27-14-10-7-11-15-27)37(43)38(48)42-32(39(49)50-40(3,4)5)22-26-12-8-6-9-13-26/h6-21,25,30-32,44-45H,22-24H2,1-5H3,(H,42,48)(H,46,47)/b21-20+/t30-,31-,32+/m1/s1. The zero-order chi connectivity index (χ0) is 36.6. The lowest BCUT2D eigenvalue weighted by atomic mass is 9.94. The van der Waals surface area contributed by atoms with Gasteiger partial charge in [-0.2, -0.15) is 0 Å². The Balaban J connectivity index is 1.94. The van der Waals surface area contributed by atoms with Gasteiger partial charge in [-0.15, -0.1) is 0 Å². The maximum atomic E-state index is 14.7. The number of ether oxygens (including phenoxy) is 1. The first-order valence-electron chi connectivity index (χ1n) is 16.6. The Morgan fingerprint density at radius 3 is 2.02 bits per heavy atom. The number of hydrogen-bond acceptors (Lipinski definition) is 6. The summed E-state index contributed by atoms with van der Waals surface area (Å²) in [7, 11) is 0. The van der Waals surface area contributed by atoms with Crippen LogP contribution in [0.2, 0.25) is 0 Å². The van der Waals surface area contributed by atoms with E-state index in [-0.39, 0.29) is 24.6 Å². The van der Waals surface area contributed by atoms with Crippen molar-refractivity contribution in [3.63, 3.8) is 0 Å². The average Bonchev–Trinajstić information content (AvgIpc) is 3.39. The number of benzene rings is 3. The van der Waals surface area contributed by atoms with Gasteiger partial charge in [0.2, 0.25) is 0 Å². The molecule has 0 aliphatic carbocycles. The van der Waals surface area contributed by atoms with Crippen LogP contribution in [0.3, 0.4) is 0 Å². The number of carbonyl (C=O) groups is 3. The number of aliphatic hydroxyl groups excluding tert-OH is 2. The van der Waals surface area contributed by atoms with Crippen molar-refractivity contribution in [2.75, 3.05) is 0 Å². The van der Waals surface area contributed by atoms with E-state index >= 15 is 0 Å². The minimum Gasteiger partial charge on any atom is -0.481 e. The van der Waals surface area contributed by atoms with Gasteiger partial charge in [-0.25, -0.2) is 9.18 Å². The van der Waals surface area contributed by atoms with E-state index in [1.807, 2.05) is 74.5 Å². The van der Waals surface area contributed by atoms with E-state index in [4.69, 9.17) is 9.84 Å². The molecule has 1 aromatic heterocycles. The van der Waals surface area contributed by atoms with E-state index in [2.05, 4.69) is 5.32 Å². The van der Waals surface area contributed by atoms with Crippen LogP contribution in [0.1, 0.15) is 75.2 Å². The average molecular weight is 685 g/mol. The van der Waals surface area contributed by atoms with E-state index in [9.17, 15) is 29.0 Å². The first-order valence-corrected chi connectivity index (χ1v) is 16.6. The number of carbonyl (C=O) groups excluding carboxylic acids is 2. The molecule has 264 valence electrons. The SMILES string of the molecule is CC(C)n1c(/C=C/[C@@H](O)C[C@@H](O)CC(=O)O)c(-c2ccc(F)cc2)c(-c2ccccc2)c1C(=O)N[C@@H](Cc1ccccc1)C(=O)OC(C)(C)C. The Morgan fingerprint density at radius 2 is 1.46 bits per heavy atom. The van der Waals surface area contributed by atoms with E-state index in [1.54, 1.807) is 43.5 Å². The maximum absolute atomic E-state index is 14.7. The second-order valence-electron chi connectivity index (χ2n) is 13.5. The molecule has 0 fully saturated rings. The quantitative estimate of drug-likeness (QED) is 0.107. The van der Waals surface area contributed by atoms with Crippen LogP contribution >= 0.6 is 0 Å². The first kappa shape index (κ1) is 37.8. The largest absolute Gasteiger partial charge is 0.481 e. The van der Waals surface area contributed by atoms with Gasteiger partial charge in [0.05, 0.1) is 18.6 Å². The number of amides is 1. The molecule has 0 bridgehead atoms. The van der Waals surface area contributed by atoms with Gasteiger partial charge in [0, 0.05) is 35.7 Å². The Labute approximate surface area is 292 Å². The van der Waals surface area contributed by atoms with Gasteiger partial charge in [0.1, 0.15) is 23.2 Å². The molecular formula is C40H45FN2O7. The Hall–Kier alpha value is -5.06. The minimum atomic E-state index is -1.28. The van der Waals surface area contributed by atoms with Crippen LogP contribution < -0.4 is 5.32 Å². The number of aliphatic carboxylic acids is 1. The second-order valence-corrected chi connectivity index (χ2v) is 13.5. The molecule has 1 heterocycles. The number of carboxylic acids is 1. The Bertz CT molecular complexity index is 1790. The molecular weight excluding hydrogens is 639 g/mol. The molecule has 50 heavy (non-hydrogen) atoms. The fourth-order valence-corrected chi connectivity index (χ4v) is 5.81. The lowest BCUT2D eigenvalue weighted by molar-refractivity contribution is -0.157. The highest BCUT2D eigenvalue weighted by atomic mass is 19.1. The molecule has 0 unspecified atom stereocenters. The fraction of sp³-hybridized carbons (Fsp3) is 0.325. The van der Waals surface area contributed by atoms with Crippen molar-refractivity contribution in [3.05, 3.63) is 114 Å². The normalized spacial score (nSPS) is 13.6. The number of nitrogens with one attached hydrogen (secondary N) is 1. The lowest BCUT2D eigenvalue weighted by Gasteiger charge is -2.25. The molecule has 0 spiro atoms. The summed E-state index contributed by atoms with van der Waals surface area (Å²) in [5.74, 6) is -2.79. The summed E-state index contributed by atoms with van der Waals surface area (Å²) < 4.78 is 21.8. The number of aromatic nitrogens is 1. The summed E-state index contributed by atoms with van der Waals surface area (Å²) >= 11 is 0. The summed E-state index contributed by atoms with van der Waals surface area (Å²) in [6.07, 6.45) is -0.0351. The third-order valence-corrected chi connectivity index (χ3v) is 7.85. The zero-order valence-corrected chi connectivity index (χ0v) is 29.0. The molecule has 1 amide bonds. The minimum absolute atomic E-state index is 0.174. The van der Waals surface area contributed by atoms with Gasteiger partial charge in [0.25, 0.3) is 5.91 Å². The first-order chi connectivity index (χ1) is 23.6. The molecule has 0 saturated heterocycles. The number of nitrogens with zero attached hydrogens (tertiary/aromatic N) is 1. The third-order valence-electron chi connectivity index (χ3n) is 7.85. The van der Waals surface area contributed by atoms with Crippen molar-refractivity contribution in [2.45, 2.75) is 83.8 Å². The van der Waals surface area contributed by atoms with Crippen molar-refractivity contribution in [3.8, 4) is 22.3 Å². The molecule has 4 rings (SSSR count). The molecule has 10 heteroatoms. The number of esters is 1. The number of hydrogen-bond donors (Lipinski definition) is 4. The number of rotatable bonds is 14. The summed E-state index contributed by atoms with van der Waals surface area (Å²) in [5, 5.41) is 33.0. The van der Waals surface area contributed by atoms with Crippen molar-refractivity contribution in [1.29, 1.82) is 0 Å². The van der Waals surface area contributed by atoms with E-state index in [0.29, 0.717) is 27.9 Å². The van der Waals surface area contributed by atoms with Crippen molar-refractivity contribution < 1.29 is 38.8 Å². The molecule has 0 radical (unpaired) electrons. The molecule has 9 nitrogen and oxygen atoms in total. The summed E-state index contributed by atoms with van der Waals surface area (Å²) in [4.78, 5) is 39.4. The van der Waals surface area contributed by atoms with Crippen LogP contribution in [-0.2, 0) is 20.7 Å². The highest BCUT2D eigenvalue weighted by Crippen LogP contribution is 2.42. The zero-order valence-electron chi connectivity index (χ0n) is 29.0. The summed E-state index contributed by atoms with van der Waals surface area (Å²) in [6, 6.07) is 23.0. The fourth-order valence-electron chi connectivity index (χ4n) is 5.81. The molecule has 3 atom stereocenters. The van der Waals surface area contributed by atoms with Gasteiger partial charge in [0.15, 0.2) is 0 Å². The van der Waals surface area contributed by atoms with E-state index < -0.39 is 53.9 Å². The smallest absolute Gasteiger partial charge is 0.329 e. The Kier molecular flexibility index (Phi) is 12.5. The van der Waals surface area contributed by atoms with Crippen molar-refractivity contribution >= 4 is 23.9 Å². The van der Waals surface area contributed by atoms with Gasteiger partial charge in [-0.1, -0.05) is 78.9 Å². The highest BCUT2D eigenvalue weighted by Gasteiger charge is 2.33. The van der Waals surface area contributed by atoms with Gasteiger partial charge in [-0.3, -0.25) is 9.59 Å². The van der Waals surface area contributed by atoms with Gasteiger partial charge < -0.3 is 29.9 Å². The Morgan fingerprint density at radius 1 is 0.880 bits per heavy atom. The third kappa shape index (κ3) is 9.99. The van der Waals surface area contributed by atoms with Crippen LogP contribution in [0.25, 0.3) is 28.3 Å². The monoisotopic (exact) mass is 684 g/mol. The molecule has 3 aromatic carbocycles. The highest BCUT2D eigenvalue weighted by molar-refractivity contribution is 6.07. The predicted molar refractivity (Wildman–Crippen MR) is 191 cm³/mol. The van der Waals surface area contributed by atoms with E-state index in [1.165, 1.54) is 18.2 Å². The second kappa shape index (κ2) is 16.6. The molecule has 4 N–H and O–H groups in total. The van der Waals surface area contributed by atoms with Crippen LogP contribution in [0, 0.1) is 5.82 Å². The predicted octanol–water partition coefficient (Wildman–Crippen LogP) is 6.82.